The van der Waals surface area contributed by atoms with Gasteiger partial charge in [0.05, 0.1) is 26.2 Å². The third kappa shape index (κ3) is 4.41. The highest BCUT2D eigenvalue weighted by Crippen LogP contribution is 2.38. The summed E-state index contributed by atoms with van der Waals surface area (Å²) in [4.78, 5) is 10.0. The SMILES string of the molecule is N#CC(=NNc1c(Cl)cc(C(F)(F)F)cc1Cl)c1ccc([N+](=O)[O-])cc1. The Kier molecular flexibility index (Phi) is 5.69. The van der Waals surface area contributed by atoms with E-state index in [0.29, 0.717) is 12.1 Å². The summed E-state index contributed by atoms with van der Waals surface area (Å²) in [7, 11) is 0. The monoisotopic (exact) mass is 402 g/mol. The van der Waals surface area contributed by atoms with Gasteiger partial charge in [-0.15, -0.1) is 0 Å². The second-order valence-corrected chi connectivity index (χ2v) is 5.62. The minimum Gasteiger partial charge on any atom is -0.274 e. The van der Waals surface area contributed by atoms with Crippen LogP contribution in [0.1, 0.15) is 11.1 Å². The van der Waals surface area contributed by atoms with Crippen molar-refractivity contribution in [1.29, 1.82) is 5.26 Å². The zero-order valence-electron chi connectivity index (χ0n) is 12.5. The van der Waals surface area contributed by atoms with Crippen LogP contribution < -0.4 is 5.43 Å². The Morgan fingerprint density at radius 3 is 2.15 bits per heavy atom. The summed E-state index contributed by atoms with van der Waals surface area (Å²) in [5, 5.41) is 22.9. The summed E-state index contributed by atoms with van der Waals surface area (Å²) in [5.74, 6) is 0. The normalized spacial score (nSPS) is 11.8. The van der Waals surface area contributed by atoms with E-state index in [-0.39, 0.29) is 32.7 Å². The molecule has 0 saturated carbocycles. The predicted octanol–water partition coefficient (Wildman–Crippen LogP) is 5.26. The van der Waals surface area contributed by atoms with Crippen molar-refractivity contribution in [1.82, 2.24) is 0 Å². The topological polar surface area (TPSA) is 91.3 Å². The second kappa shape index (κ2) is 7.59. The maximum atomic E-state index is 12.7. The average molecular weight is 403 g/mol. The highest BCUT2D eigenvalue weighted by Gasteiger charge is 2.32. The largest absolute Gasteiger partial charge is 0.416 e. The van der Waals surface area contributed by atoms with Gasteiger partial charge in [-0.25, -0.2) is 0 Å². The van der Waals surface area contributed by atoms with Crippen LogP contribution in [0.25, 0.3) is 0 Å². The van der Waals surface area contributed by atoms with Crippen molar-refractivity contribution in [2.45, 2.75) is 6.18 Å². The number of alkyl halides is 3. The first kappa shape index (κ1) is 19.5. The molecule has 6 nitrogen and oxygen atoms in total. The van der Waals surface area contributed by atoms with Crippen LogP contribution in [0.2, 0.25) is 10.0 Å². The van der Waals surface area contributed by atoms with Crippen molar-refractivity contribution in [3.8, 4) is 6.07 Å². The number of nitrogens with one attached hydrogen (secondary N) is 1. The number of hydrogen-bond donors (Lipinski definition) is 1. The molecule has 0 bridgehead atoms. The first-order valence-corrected chi connectivity index (χ1v) is 7.44. The lowest BCUT2D eigenvalue weighted by Crippen LogP contribution is -2.06. The molecule has 0 spiro atoms. The lowest BCUT2D eigenvalue weighted by atomic mass is 10.1. The molecule has 2 aromatic carbocycles. The highest BCUT2D eigenvalue weighted by atomic mass is 35.5. The van der Waals surface area contributed by atoms with Gasteiger partial charge in [-0.3, -0.25) is 15.5 Å². The number of halogens is 5. The van der Waals surface area contributed by atoms with E-state index in [0.717, 1.165) is 0 Å². The summed E-state index contributed by atoms with van der Waals surface area (Å²) < 4.78 is 38.1. The minimum atomic E-state index is -4.62. The molecule has 0 saturated heterocycles. The van der Waals surface area contributed by atoms with Crippen molar-refractivity contribution in [2.24, 2.45) is 5.10 Å². The zero-order valence-corrected chi connectivity index (χ0v) is 14.0. The number of nitro benzene ring substituents is 1. The second-order valence-electron chi connectivity index (χ2n) is 4.80. The van der Waals surface area contributed by atoms with E-state index in [4.69, 9.17) is 28.5 Å². The molecule has 134 valence electrons. The minimum absolute atomic E-state index is 0.115. The first-order chi connectivity index (χ1) is 12.1. The van der Waals surface area contributed by atoms with Crippen LogP contribution in [0.15, 0.2) is 41.5 Å². The summed E-state index contributed by atoms with van der Waals surface area (Å²) in [6, 6.07) is 8.07. The van der Waals surface area contributed by atoms with Crippen LogP contribution in [0.5, 0.6) is 0 Å². The van der Waals surface area contributed by atoms with Gasteiger partial charge in [0, 0.05) is 17.7 Å². The standard InChI is InChI=1S/C15H7Cl2F3N4O2/c16-11-5-9(15(18,19)20)6-12(17)14(11)23-22-13(7-21)8-1-3-10(4-2-8)24(25)26/h1-6,23H. The van der Waals surface area contributed by atoms with Crippen molar-refractivity contribution in [2.75, 3.05) is 5.43 Å². The summed E-state index contributed by atoms with van der Waals surface area (Å²) >= 11 is 11.6. The fourth-order valence-electron chi connectivity index (χ4n) is 1.85. The maximum absolute atomic E-state index is 12.7. The van der Waals surface area contributed by atoms with Crippen molar-refractivity contribution in [3.05, 3.63) is 67.7 Å². The van der Waals surface area contributed by atoms with E-state index in [2.05, 4.69) is 10.5 Å². The molecule has 0 atom stereocenters. The van der Waals surface area contributed by atoms with E-state index in [1.807, 2.05) is 0 Å². The third-order valence-electron chi connectivity index (χ3n) is 3.11. The van der Waals surface area contributed by atoms with Gasteiger partial charge in [-0.1, -0.05) is 23.2 Å². The fraction of sp³-hybridized carbons (Fsp3) is 0.0667. The molecule has 1 N–H and O–H groups in total. The van der Waals surface area contributed by atoms with Crippen LogP contribution in [0.4, 0.5) is 24.5 Å². The Bertz CT molecular complexity index is 899. The molecule has 0 aromatic heterocycles. The van der Waals surface area contributed by atoms with Crippen LogP contribution in [0, 0.1) is 21.4 Å². The molecule has 0 aliphatic carbocycles. The molecule has 26 heavy (non-hydrogen) atoms. The molecule has 0 amide bonds. The Balaban J connectivity index is 2.32. The number of hydrazone groups is 1. The van der Waals surface area contributed by atoms with Crippen LogP contribution in [-0.2, 0) is 6.18 Å². The first-order valence-electron chi connectivity index (χ1n) is 6.68. The Morgan fingerprint density at radius 2 is 1.73 bits per heavy atom. The smallest absolute Gasteiger partial charge is 0.274 e. The molecular formula is C15H7Cl2F3N4O2. The molecule has 0 fully saturated rings. The predicted molar refractivity (Wildman–Crippen MR) is 90.3 cm³/mol. The Labute approximate surface area is 154 Å². The van der Waals surface area contributed by atoms with E-state index >= 15 is 0 Å². The molecular weight excluding hydrogens is 396 g/mol. The molecule has 0 unspecified atom stereocenters. The average Bonchev–Trinajstić information content (AvgIpc) is 2.56. The van der Waals surface area contributed by atoms with Gasteiger partial charge in [-0.05, 0) is 24.3 Å². The number of benzene rings is 2. The number of nitriles is 1. The Morgan fingerprint density at radius 1 is 1.19 bits per heavy atom. The van der Waals surface area contributed by atoms with E-state index in [1.165, 1.54) is 24.3 Å². The number of hydrogen-bond acceptors (Lipinski definition) is 5. The molecule has 0 aliphatic heterocycles. The van der Waals surface area contributed by atoms with Gasteiger partial charge in [-0.2, -0.15) is 23.5 Å². The van der Waals surface area contributed by atoms with Gasteiger partial charge < -0.3 is 0 Å². The van der Waals surface area contributed by atoms with Crippen LogP contribution in [-0.4, -0.2) is 10.6 Å². The number of nitro groups is 1. The van der Waals surface area contributed by atoms with Gasteiger partial charge in [0.1, 0.15) is 6.07 Å². The van der Waals surface area contributed by atoms with E-state index in [1.54, 1.807) is 6.07 Å². The lowest BCUT2D eigenvalue weighted by Gasteiger charge is -2.12. The third-order valence-corrected chi connectivity index (χ3v) is 3.70. The van der Waals surface area contributed by atoms with Crippen LogP contribution >= 0.6 is 23.2 Å². The van der Waals surface area contributed by atoms with E-state index in [9.17, 15) is 23.3 Å². The van der Waals surface area contributed by atoms with Crippen LogP contribution in [0.3, 0.4) is 0 Å². The molecule has 2 aromatic rings. The van der Waals surface area contributed by atoms with Gasteiger partial charge in [0.25, 0.3) is 5.69 Å². The lowest BCUT2D eigenvalue weighted by molar-refractivity contribution is -0.384. The van der Waals surface area contributed by atoms with Gasteiger partial charge in [0.2, 0.25) is 0 Å². The molecule has 0 radical (unpaired) electrons. The van der Waals surface area contributed by atoms with Crippen molar-refractivity contribution < 1.29 is 18.1 Å². The summed E-state index contributed by atoms with van der Waals surface area (Å²) in [6.45, 7) is 0. The quantitative estimate of drug-likeness (QED) is 0.428. The van der Waals surface area contributed by atoms with Gasteiger partial charge in [0.15, 0.2) is 5.71 Å². The fourth-order valence-corrected chi connectivity index (χ4v) is 2.42. The van der Waals surface area contributed by atoms with E-state index < -0.39 is 16.7 Å². The number of rotatable bonds is 4. The molecule has 0 aliphatic rings. The molecule has 2 rings (SSSR count). The maximum Gasteiger partial charge on any atom is 0.416 e. The van der Waals surface area contributed by atoms with Crippen molar-refractivity contribution >= 4 is 40.3 Å². The highest BCUT2D eigenvalue weighted by molar-refractivity contribution is 6.39. The Hall–Kier alpha value is -2.83. The number of nitrogens with zero attached hydrogens (tertiary/aromatic N) is 3. The van der Waals surface area contributed by atoms with Gasteiger partial charge >= 0.3 is 6.18 Å². The van der Waals surface area contributed by atoms with Crippen molar-refractivity contribution in [3.63, 3.8) is 0 Å². The molecule has 11 heteroatoms. The number of anilines is 1. The summed E-state index contributed by atoms with van der Waals surface area (Å²) in [5.41, 5.74) is 1.11. The summed E-state index contributed by atoms with van der Waals surface area (Å²) in [6.07, 6.45) is -4.62. The zero-order chi connectivity index (χ0) is 19.5. The molecule has 0 heterocycles. The number of non-ortho nitro benzene ring substituents is 1.